The second-order valence-corrected chi connectivity index (χ2v) is 2.70. The average molecular weight is 174 g/mol. The van der Waals surface area contributed by atoms with E-state index in [1.165, 1.54) is 7.11 Å². The van der Waals surface area contributed by atoms with Crippen molar-refractivity contribution < 1.29 is 19.4 Å². The molecule has 0 bridgehead atoms. The first-order valence-corrected chi connectivity index (χ1v) is 3.76. The Morgan fingerprint density at radius 1 is 1.50 bits per heavy atom. The maximum atomic E-state index is 10.9. The summed E-state index contributed by atoms with van der Waals surface area (Å²) < 4.78 is 4.59. The Kier molecular flexibility index (Phi) is 5.49. The number of rotatable bonds is 6. The van der Waals surface area contributed by atoms with E-state index in [9.17, 15) is 9.59 Å². The Morgan fingerprint density at radius 3 is 2.50 bits per heavy atom. The summed E-state index contributed by atoms with van der Waals surface area (Å²) in [5, 5.41) is 8.46. The van der Waals surface area contributed by atoms with Crippen LogP contribution in [0.5, 0.6) is 0 Å². The van der Waals surface area contributed by atoms with Gasteiger partial charge in [-0.25, -0.2) is 0 Å². The van der Waals surface area contributed by atoms with Gasteiger partial charge in [0.25, 0.3) is 0 Å². The highest BCUT2D eigenvalue weighted by molar-refractivity contribution is 5.88. The fourth-order valence-corrected chi connectivity index (χ4v) is 0.831. The highest BCUT2D eigenvalue weighted by Crippen LogP contribution is 2.03. The zero-order chi connectivity index (χ0) is 9.56. The minimum absolute atomic E-state index is 0.0308. The van der Waals surface area contributed by atoms with E-state index in [-0.39, 0.29) is 24.6 Å². The van der Waals surface area contributed by atoms with Gasteiger partial charge in [-0.3, -0.25) is 9.59 Å². The zero-order valence-corrected chi connectivity index (χ0v) is 7.37. The van der Waals surface area contributed by atoms with Crippen LogP contribution in [0.15, 0.2) is 0 Å². The van der Waals surface area contributed by atoms with Crippen LogP contribution in [0.2, 0.25) is 0 Å². The van der Waals surface area contributed by atoms with Crippen molar-refractivity contribution in [1.82, 2.24) is 0 Å². The van der Waals surface area contributed by atoms with Gasteiger partial charge in [0.05, 0.1) is 0 Å². The summed E-state index contributed by atoms with van der Waals surface area (Å²) in [6, 6.07) is 0. The molecule has 0 fully saturated rings. The number of carbonyl (C=O) groups excluding carboxylic acids is 2. The van der Waals surface area contributed by atoms with Gasteiger partial charge in [-0.05, 0) is 0 Å². The molecule has 1 unspecified atom stereocenters. The summed E-state index contributed by atoms with van der Waals surface area (Å²) >= 11 is 0. The molecule has 0 aliphatic rings. The minimum atomic E-state index is -0.499. The smallest absolute Gasteiger partial charge is 0.161 e. The molecule has 1 N–H and O–H groups in total. The van der Waals surface area contributed by atoms with Gasteiger partial charge in [0.1, 0.15) is 13.2 Å². The number of aliphatic hydroxyl groups excluding tert-OH is 1. The molecule has 4 nitrogen and oxygen atoms in total. The Bertz CT molecular complexity index is 164. The van der Waals surface area contributed by atoms with Gasteiger partial charge < -0.3 is 9.84 Å². The molecule has 0 aliphatic carbocycles. The van der Waals surface area contributed by atoms with E-state index in [0.29, 0.717) is 0 Å². The molecule has 0 saturated heterocycles. The number of carbonyl (C=O) groups is 2. The average Bonchev–Trinajstić information content (AvgIpc) is 2.03. The Labute approximate surface area is 71.5 Å². The summed E-state index contributed by atoms with van der Waals surface area (Å²) in [6.07, 6.45) is 0.146. The van der Waals surface area contributed by atoms with Crippen molar-refractivity contribution in [1.29, 1.82) is 0 Å². The van der Waals surface area contributed by atoms with Crippen molar-refractivity contribution in [3.8, 4) is 0 Å². The molecule has 0 saturated carbocycles. The normalized spacial score (nSPS) is 12.6. The first kappa shape index (κ1) is 11.3. The fourth-order valence-electron chi connectivity index (χ4n) is 0.831. The fraction of sp³-hybridized carbons (Fsp3) is 0.750. The lowest BCUT2D eigenvalue weighted by molar-refractivity contribution is -0.130. The largest absolute Gasteiger partial charge is 0.389 e. The van der Waals surface area contributed by atoms with Crippen LogP contribution in [0.3, 0.4) is 0 Å². The summed E-state index contributed by atoms with van der Waals surface area (Å²) in [5.74, 6) is -0.830. The standard InChI is InChI=1S/C8H14O4/c1-6(8(11)4-9)3-7(10)5-12-2/h6,9H,3-5H2,1-2H3. The van der Waals surface area contributed by atoms with Crippen molar-refractivity contribution >= 4 is 11.6 Å². The van der Waals surface area contributed by atoms with Crippen LogP contribution in [0.4, 0.5) is 0 Å². The number of hydrogen-bond donors (Lipinski definition) is 1. The van der Waals surface area contributed by atoms with E-state index < -0.39 is 12.5 Å². The van der Waals surface area contributed by atoms with Crippen LogP contribution < -0.4 is 0 Å². The highest BCUT2D eigenvalue weighted by atomic mass is 16.5. The molecule has 0 heterocycles. The molecule has 4 heteroatoms. The second-order valence-electron chi connectivity index (χ2n) is 2.70. The Hall–Kier alpha value is -0.740. The molecule has 0 aliphatic heterocycles. The molecular weight excluding hydrogens is 160 g/mol. The number of aliphatic hydroxyl groups is 1. The summed E-state index contributed by atoms with van der Waals surface area (Å²) in [5.41, 5.74) is 0. The predicted molar refractivity (Wildman–Crippen MR) is 42.8 cm³/mol. The maximum Gasteiger partial charge on any atom is 0.161 e. The molecule has 0 radical (unpaired) electrons. The van der Waals surface area contributed by atoms with Crippen LogP contribution in [-0.2, 0) is 14.3 Å². The molecule has 12 heavy (non-hydrogen) atoms. The van der Waals surface area contributed by atoms with Gasteiger partial charge in [0, 0.05) is 19.4 Å². The summed E-state index contributed by atoms with van der Waals surface area (Å²) in [6.45, 7) is 1.15. The van der Waals surface area contributed by atoms with Gasteiger partial charge in [0.15, 0.2) is 11.6 Å². The number of ether oxygens (including phenoxy) is 1. The van der Waals surface area contributed by atoms with Crippen LogP contribution in [0.25, 0.3) is 0 Å². The zero-order valence-electron chi connectivity index (χ0n) is 7.37. The third-order valence-corrected chi connectivity index (χ3v) is 1.54. The first-order chi connectivity index (χ1) is 5.61. The summed E-state index contributed by atoms with van der Waals surface area (Å²) in [7, 11) is 1.43. The Balaban J connectivity index is 3.75. The van der Waals surface area contributed by atoms with Crippen molar-refractivity contribution in [2.45, 2.75) is 13.3 Å². The first-order valence-electron chi connectivity index (χ1n) is 3.76. The van der Waals surface area contributed by atoms with Crippen LogP contribution in [-0.4, -0.2) is 37.0 Å². The van der Waals surface area contributed by atoms with Crippen molar-refractivity contribution in [2.24, 2.45) is 5.92 Å². The lowest BCUT2D eigenvalue weighted by Gasteiger charge is -2.06. The molecule has 0 aromatic carbocycles. The lowest BCUT2D eigenvalue weighted by atomic mass is 10.0. The van der Waals surface area contributed by atoms with Crippen LogP contribution in [0.1, 0.15) is 13.3 Å². The third-order valence-electron chi connectivity index (χ3n) is 1.54. The topological polar surface area (TPSA) is 63.6 Å². The SMILES string of the molecule is COCC(=O)CC(C)C(=O)CO. The number of hydrogen-bond acceptors (Lipinski definition) is 4. The van der Waals surface area contributed by atoms with Gasteiger partial charge >= 0.3 is 0 Å². The maximum absolute atomic E-state index is 10.9. The van der Waals surface area contributed by atoms with E-state index in [4.69, 9.17) is 5.11 Å². The van der Waals surface area contributed by atoms with E-state index >= 15 is 0 Å². The van der Waals surface area contributed by atoms with E-state index in [1.54, 1.807) is 6.92 Å². The monoisotopic (exact) mass is 174 g/mol. The van der Waals surface area contributed by atoms with Gasteiger partial charge in [-0.2, -0.15) is 0 Å². The minimum Gasteiger partial charge on any atom is -0.389 e. The lowest BCUT2D eigenvalue weighted by Crippen LogP contribution is -2.20. The van der Waals surface area contributed by atoms with Crippen LogP contribution in [0, 0.1) is 5.92 Å². The van der Waals surface area contributed by atoms with E-state index in [0.717, 1.165) is 0 Å². The molecular formula is C8H14O4. The molecule has 70 valence electrons. The second kappa shape index (κ2) is 5.85. The van der Waals surface area contributed by atoms with Gasteiger partial charge in [-0.1, -0.05) is 6.92 Å². The molecule has 0 amide bonds. The van der Waals surface area contributed by atoms with Crippen molar-refractivity contribution in [3.05, 3.63) is 0 Å². The highest BCUT2D eigenvalue weighted by Gasteiger charge is 2.15. The number of methoxy groups -OCH3 is 1. The van der Waals surface area contributed by atoms with Gasteiger partial charge in [0.2, 0.25) is 0 Å². The quantitative estimate of drug-likeness (QED) is 0.605. The predicted octanol–water partition coefficient (Wildman–Crippen LogP) is -0.210. The van der Waals surface area contributed by atoms with E-state index in [2.05, 4.69) is 4.74 Å². The third kappa shape index (κ3) is 4.20. The molecule has 0 aromatic rings. The molecule has 0 spiro atoms. The van der Waals surface area contributed by atoms with Crippen molar-refractivity contribution in [3.63, 3.8) is 0 Å². The van der Waals surface area contributed by atoms with E-state index in [1.807, 2.05) is 0 Å². The molecule has 0 aromatic heterocycles. The Morgan fingerprint density at radius 2 is 2.08 bits per heavy atom. The van der Waals surface area contributed by atoms with Crippen molar-refractivity contribution in [2.75, 3.05) is 20.3 Å². The van der Waals surface area contributed by atoms with Crippen LogP contribution >= 0.6 is 0 Å². The summed E-state index contributed by atoms with van der Waals surface area (Å²) in [4.78, 5) is 21.7. The van der Waals surface area contributed by atoms with Gasteiger partial charge in [-0.15, -0.1) is 0 Å². The molecule has 1 atom stereocenters. The molecule has 0 rings (SSSR count). The number of Topliss-reactive ketones (excluding diaryl/α,β-unsaturated/α-hetero) is 2. The number of ketones is 2.